The fourth-order valence-corrected chi connectivity index (χ4v) is 2.83. The number of carbonyl (C=O) groups is 2. The number of imide groups is 1. The van der Waals surface area contributed by atoms with Crippen LogP contribution in [0.1, 0.15) is 5.56 Å². The van der Waals surface area contributed by atoms with E-state index >= 15 is 0 Å². The van der Waals surface area contributed by atoms with E-state index in [2.05, 4.69) is 15.5 Å². The van der Waals surface area contributed by atoms with Crippen molar-refractivity contribution in [2.75, 3.05) is 12.9 Å². The summed E-state index contributed by atoms with van der Waals surface area (Å²) < 4.78 is 10.6. The van der Waals surface area contributed by atoms with E-state index in [0.717, 1.165) is 28.6 Å². The second kappa shape index (κ2) is 9.00. The van der Waals surface area contributed by atoms with Crippen molar-refractivity contribution in [3.05, 3.63) is 60.2 Å². The molecular formula is C19H17N3O4S. The molecule has 0 aliphatic heterocycles. The monoisotopic (exact) mass is 383 g/mol. The first-order chi connectivity index (χ1) is 13.1. The fraction of sp³-hybridized carbons (Fsp3) is 0.158. The second-order valence-corrected chi connectivity index (χ2v) is 6.45. The van der Waals surface area contributed by atoms with E-state index in [0.29, 0.717) is 5.89 Å². The average molecular weight is 383 g/mol. The Labute approximate surface area is 160 Å². The lowest BCUT2D eigenvalue weighted by Crippen LogP contribution is -2.33. The Morgan fingerprint density at radius 3 is 2.48 bits per heavy atom. The number of aromatic nitrogens is 2. The third-order valence-electron chi connectivity index (χ3n) is 3.56. The van der Waals surface area contributed by atoms with E-state index in [1.54, 1.807) is 31.4 Å². The Bertz CT molecular complexity index is 910. The van der Waals surface area contributed by atoms with E-state index in [1.165, 1.54) is 0 Å². The lowest BCUT2D eigenvalue weighted by atomic mass is 10.1. The molecular weight excluding hydrogens is 366 g/mol. The molecule has 2 amide bonds. The highest BCUT2D eigenvalue weighted by molar-refractivity contribution is 7.99. The zero-order chi connectivity index (χ0) is 19.1. The SMILES string of the molecule is COc1ccc(-c2nnc(SCC(=O)NC(=O)Cc3ccccc3)o2)cc1. The molecule has 0 aliphatic rings. The molecule has 8 heteroatoms. The van der Waals surface area contributed by atoms with Gasteiger partial charge in [0.15, 0.2) is 0 Å². The molecule has 1 N–H and O–H groups in total. The highest BCUT2D eigenvalue weighted by Gasteiger charge is 2.13. The van der Waals surface area contributed by atoms with Crippen LogP contribution in [0.5, 0.6) is 5.75 Å². The summed E-state index contributed by atoms with van der Waals surface area (Å²) in [4.78, 5) is 23.8. The molecule has 1 aromatic heterocycles. The van der Waals surface area contributed by atoms with Gasteiger partial charge in [-0.15, -0.1) is 10.2 Å². The molecule has 0 fully saturated rings. The molecule has 0 unspecified atom stereocenters. The van der Waals surface area contributed by atoms with Crippen LogP contribution in [0.2, 0.25) is 0 Å². The molecule has 3 rings (SSSR count). The van der Waals surface area contributed by atoms with Gasteiger partial charge in [-0.2, -0.15) is 0 Å². The van der Waals surface area contributed by atoms with Crippen LogP contribution in [0.4, 0.5) is 0 Å². The van der Waals surface area contributed by atoms with Crippen LogP contribution in [0.15, 0.2) is 64.2 Å². The van der Waals surface area contributed by atoms with Crippen molar-refractivity contribution in [3.63, 3.8) is 0 Å². The first kappa shape index (κ1) is 18.7. The first-order valence-corrected chi connectivity index (χ1v) is 9.10. The molecule has 7 nitrogen and oxygen atoms in total. The number of benzene rings is 2. The molecule has 0 bridgehead atoms. The molecule has 0 spiro atoms. The highest BCUT2D eigenvalue weighted by atomic mass is 32.2. The van der Waals surface area contributed by atoms with Crippen LogP contribution in [0, 0.1) is 0 Å². The van der Waals surface area contributed by atoms with E-state index in [4.69, 9.17) is 9.15 Å². The van der Waals surface area contributed by atoms with Gasteiger partial charge in [-0.05, 0) is 29.8 Å². The number of nitrogens with one attached hydrogen (secondary N) is 1. The normalized spacial score (nSPS) is 10.4. The van der Waals surface area contributed by atoms with Gasteiger partial charge in [-0.1, -0.05) is 42.1 Å². The first-order valence-electron chi connectivity index (χ1n) is 8.11. The molecule has 0 aliphatic carbocycles. The summed E-state index contributed by atoms with van der Waals surface area (Å²) in [6.07, 6.45) is 0.152. The van der Waals surface area contributed by atoms with Crippen LogP contribution in [-0.2, 0) is 16.0 Å². The zero-order valence-corrected chi connectivity index (χ0v) is 15.4. The van der Waals surface area contributed by atoms with Crippen LogP contribution >= 0.6 is 11.8 Å². The molecule has 138 valence electrons. The fourth-order valence-electron chi connectivity index (χ4n) is 2.26. The van der Waals surface area contributed by atoms with Gasteiger partial charge in [0.1, 0.15) is 5.75 Å². The molecule has 0 saturated carbocycles. The quantitative estimate of drug-likeness (QED) is 0.627. The maximum absolute atomic E-state index is 11.9. The molecule has 2 aromatic carbocycles. The smallest absolute Gasteiger partial charge is 0.277 e. The summed E-state index contributed by atoms with van der Waals surface area (Å²) in [5.41, 5.74) is 1.59. The van der Waals surface area contributed by atoms with Crippen LogP contribution < -0.4 is 10.1 Å². The molecule has 3 aromatic rings. The third-order valence-corrected chi connectivity index (χ3v) is 4.37. The summed E-state index contributed by atoms with van der Waals surface area (Å²) in [6, 6.07) is 16.4. The highest BCUT2D eigenvalue weighted by Crippen LogP contribution is 2.24. The Balaban J connectivity index is 1.49. The van der Waals surface area contributed by atoms with E-state index in [-0.39, 0.29) is 23.3 Å². The minimum atomic E-state index is -0.412. The van der Waals surface area contributed by atoms with Crippen LogP contribution in [0.3, 0.4) is 0 Å². The number of amides is 2. The van der Waals surface area contributed by atoms with Gasteiger partial charge in [0, 0.05) is 5.56 Å². The minimum Gasteiger partial charge on any atom is -0.497 e. The van der Waals surface area contributed by atoms with Gasteiger partial charge in [0.05, 0.1) is 19.3 Å². The van der Waals surface area contributed by atoms with Crippen molar-refractivity contribution in [2.24, 2.45) is 0 Å². The van der Waals surface area contributed by atoms with Crippen molar-refractivity contribution in [3.8, 4) is 17.2 Å². The van der Waals surface area contributed by atoms with Crippen molar-refractivity contribution >= 4 is 23.6 Å². The standard InChI is InChI=1S/C19H17N3O4S/c1-25-15-9-7-14(8-10-15)18-21-22-19(26-18)27-12-17(24)20-16(23)11-13-5-3-2-4-6-13/h2-10H,11-12H2,1H3,(H,20,23,24). The topological polar surface area (TPSA) is 94.3 Å². The minimum absolute atomic E-state index is 0.00474. The predicted octanol–water partition coefficient (Wildman–Crippen LogP) is 2.72. The number of nitrogens with zero attached hydrogens (tertiary/aromatic N) is 2. The van der Waals surface area contributed by atoms with Gasteiger partial charge in [-0.25, -0.2) is 0 Å². The second-order valence-electron chi connectivity index (χ2n) is 5.52. The summed E-state index contributed by atoms with van der Waals surface area (Å²) in [5, 5.41) is 10.5. The molecule has 1 heterocycles. The zero-order valence-electron chi connectivity index (χ0n) is 14.5. The number of hydrogen-bond acceptors (Lipinski definition) is 7. The van der Waals surface area contributed by atoms with Gasteiger partial charge in [-0.3, -0.25) is 14.9 Å². The summed E-state index contributed by atoms with van der Waals surface area (Å²) in [7, 11) is 1.59. The molecule has 27 heavy (non-hydrogen) atoms. The van der Waals surface area contributed by atoms with Gasteiger partial charge in [0.2, 0.25) is 17.7 Å². The van der Waals surface area contributed by atoms with E-state index in [1.807, 2.05) is 30.3 Å². The summed E-state index contributed by atoms with van der Waals surface area (Å²) in [5.74, 6) is 0.317. The van der Waals surface area contributed by atoms with Crippen LogP contribution in [0.25, 0.3) is 11.5 Å². The van der Waals surface area contributed by atoms with E-state index in [9.17, 15) is 9.59 Å². The number of rotatable bonds is 7. The maximum Gasteiger partial charge on any atom is 0.277 e. The van der Waals surface area contributed by atoms with Crippen molar-refractivity contribution in [2.45, 2.75) is 11.6 Å². The Morgan fingerprint density at radius 2 is 1.78 bits per heavy atom. The molecule has 0 saturated heterocycles. The summed E-state index contributed by atoms with van der Waals surface area (Å²) >= 11 is 1.07. The van der Waals surface area contributed by atoms with Crippen molar-refractivity contribution in [1.29, 1.82) is 0 Å². The van der Waals surface area contributed by atoms with Gasteiger partial charge < -0.3 is 9.15 Å². The molecule has 0 radical (unpaired) electrons. The van der Waals surface area contributed by atoms with Gasteiger partial charge in [0.25, 0.3) is 5.22 Å². The lowest BCUT2D eigenvalue weighted by molar-refractivity contribution is -0.128. The Kier molecular flexibility index (Phi) is 6.22. The predicted molar refractivity (Wildman–Crippen MR) is 100 cm³/mol. The molecule has 0 atom stereocenters. The number of ether oxygens (including phenoxy) is 1. The maximum atomic E-state index is 11.9. The third kappa shape index (κ3) is 5.42. The van der Waals surface area contributed by atoms with Crippen molar-refractivity contribution < 1.29 is 18.7 Å². The van der Waals surface area contributed by atoms with Crippen LogP contribution in [-0.4, -0.2) is 34.9 Å². The number of thioether (sulfide) groups is 1. The van der Waals surface area contributed by atoms with Crippen molar-refractivity contribution in [1.82, 2.24) is 15.5 Å². The van der Waals surface area contributed by atoms with Gasteiger partial charge >= 0.3 is 0 Å². The largest absolute Gasteiger partial charge is 0.497 e. The number of carbonyl (C=O) groups excluding carboxylic acids is 2. The number of hydrogen-bond donors (Lipinski definition) is 1. The van der Waals surface area contributed by atoms with E-state index < -0.39 is 5.91 Å². The Hall–Kier alpha value is -3.13. The Morgan fingerprint density at radius 1 is 1.04 bits per heavy atom. The average Bonchev–Trinajstić information content (AvgIpc) is 3.16. The number of methoxy groups -OCH3 is 1. The summed E-state index contributed by atoms with van der Waals surface area (Å²) in [6.45, 7) is 0. The lowest BCUT2D eigenvalue weighted by Gasteiger charge is -2.03.